The molecule has 0 unspecified atom stereocenters. The van der Waals surface area contributed by atoms with E-state index in [1.807, 2.05) is 11.8 Å². The minimum Gasteiger partial charge on any atom is -0.408 e. The van der Waals surface area contributed by atoms with Gasteiger partial charge in [-0.15, -0.1) is 5.10 Å². The largest absolute Gasteiger partial charge is 0.408 e. The molecule has 0 atom stereocenters. The van der Waals surface area contributed by atoms with Crippen molar-refractivity contribution in [3.05, 3.63) is 5.89 Å². The van der Waals surface area contributed by atoms with Crippen LogP contribution in [0, 0.1) is 0 Å². The molecule has 1 aromatic heterocycles. The van der Waals surface area contributed by atoms with Gasteiger partial charge in [0, 0.05) is 19.5 Å². The van der Waals surface area contributed by atoms with E-state index >= 15 is 0 Å². The molecule has 6 heteroatoms. The van der Waals surface area contributed by atoms with Crippen LogP contribution in [0.1, 0.15) is 26.7 Å². The lowest BCUT2D eigenvalue weighted by molar-refractivity contribution is 0.0863. The summed E-state index contributed by atoms with van der Waals surface area (Å²) >= 11 is 0. The molecule has 0 aliphatic carbocycles. The Labute approximate surface area is 95.4 Å². The van der Waals surface area contributed by atoms with E-state index < -0.39 is 5.60 Å². The number of nitrogens with two attached hydrogens (primary N) is 1. The summed E-state index contributed by atoms with van der Waals surface area (Å²) in [4.78, 5) is 1.84. The Morgan fingerprint density at radius 2 is 2.12 bits per heavy atom. The summed E-state index contributed by atoms with van der Waals surface area (Å²) in [5.74, 6) is 0.534. The quantitative estimate of drug-likeness (QED) is 0.721. The van der Waals surface area contributed by atoms with Gasteiger partial charge in [0.15, 0.2) is 0 Å². The molecule has 0 bridgehead atoms. The zero-order valence-electron chi connectivity index (χ0n) is 10.1. The predicted octanol–water partition coefficient (Wildman–Crippen LogP) is 0.168. The molecule has 92 valence electrons. The second-order valence-electron chi connectivity index (χ2n) is 4.34. The van der Waals surface area contributed by atoms with E-state index in [9.17, 15) is 5.11 Å². The highest BCUT2D eigenvalue weighted by Gasteiger charge is 2.21. The van der Waals surface area contributed by atoms with Crippen LogP contribution in [-0.2, 0) is 6.42 Å². The lowest BCUT2D eigenvalue weighted by Crippen LogP contribution is -2.38. The van der Waals surface area contributed by atoms with Gasteiger partial charge in [-0.25, -0.2) is 0 Å². The number of aromatic nitrogens is 2. The molecule has 0 fully saturated rings. The van der Waals surface area contributed by atoms with E-state index in [1.165, 1.54) is 0 Å². The van der Waals surface area contributed by atoms with Crippen molar-refractivity contribution in [2.24, 2.45) is 5.73 Å². The standard InChI is InChI=1S/C10H20N4O2/c1-4-14(7-10(2,3)15)9-13-12-8(16-9)5-6-11/h15H,4-7,11H2,1-3H3. The molecule has 0 saturated heterocycles. The van der Waals surface area contributed by atoms with E-state index in [0.29, 0.717) is 38.0 Å². The van der Waals surface area contributed by atoms with Gasteiger partial charge in [0.25, 0.3) is 0 Å². The monoisotopic (exact) mass is 228 g/mol. The van der Waals surface area contributed by atoms with Gasteiger partial charge in [0.2, 0.25) is 5.89 Å². The van der Waals surface area contributed by atoms with Gasteiger partial charge in [0.05, 0.1) is 12.1 Å². The molecule has 0 saturated carbocycles. The van der Waals surface area contributed by atoms with Crippen LogP contribution in [-0.4, -0.2) is 40.5 Å². The molecule has 6 nitrogen and oxygen atoms in total. The van der Waals surface area contributed by atoms with Gasteiger partial charge in [0.1, 0.15) is 0 Å². The van der Waals surface area contributed by atoms with Crippen LogP contribution in [0.15, 0.2) is 4.42 Å². The van der Waals surface area contributed by atoms with Crippen LogP contribution in [0.4, 0.5) is 6.01 Å². The third-order valence-corrected chi connectivity index (χ3v) is 2.04. The van der Waals surface area contributed by atoms with Crippen molar-refractivity contribution >= 4 is 6.01 Å². The van der Waals surface area contributed by atoms with Crippen LogP contribution in [0.2, 0.25) is 0 Å². The predicted molar refractivity (Wildman–Crippen MR) is 61.2 cm³/mol. The Hall–Kier alpha value is -1.14. The Morgan fingerprint density at radius 3 is 2.62 bits per heavy atom. The highest BCUT2D eigenvalue weighted by molar-refractivity contribution is 5.24. The van der Waals surface area contributed by atoms with Gasteiger partial charge in [-0.1, -0.05) is 5.10 Å². The molecule has 0 radical (unpaired) electrons. The van der Waals surface area contributed by atoms with Crippen molar-refractivity contribution < 1.29 is 9.52 Å². The number of anilines is 1. The zero-order chi connectivity index (χ0) is 12.2. The smallest absolute Gasteiger partial charge is 0.318 e. The summed E-state index contributed by atoms with van der Waals surface area (Å²) in [7, 11) is 0. The van der Waals surface area contributed by atoms with Crippen molar-refractivity contribution in [2.75, 3.05) is 24.5 Å². The second-order valence-corrected chi connectivity index (χ2v) is 4.34. The van der Waals surface area contributed by atoms with Crippen molar-refractivity contribution in [2.45, 2.75) is 32.8 Å². The van der Waals surface area contributed by atoms with Gasteiger partial charge < -0.3 is 20.2 Å². The zero-order valence-corrected chi connectivity index (χ0v) is 10.1. The molecule has 0 aliphatic heterocycles. The average Bonchev–Trinajstić information content (AvgIpc) is 2.62. The van der Waals surface area contributed by atoms with Crippen molar-refractivity contribution in [1.82, 2.24) is 10.2 Å². The van der Waals surface area contributed by atoms with Gasteiger partial charge in [-0.2, -0.15) is 0 Å². The number of aliphatic hydroxyl groups is 1. The van der Waals surface area contributed by atoms with Crippen LogP contribution in [0.3, 0.4) is 0 Å². The van der Waals surface area contributed by atoms with Crippen LogP contribution >= 0.6 is 0 Å². The molecule has 0 spiro atoms. The van der Waals surface area contributed by atoms with Crippen LogP contribution < -0.4 is 10.6 Å². The average molecular weight is 228 g/mol. The molecule has 16 heavy (non-hydrogen) atoms. The molecule has 3 N–H and O–H groups in total. The summed E-state index contributed by atoms with van der Waals surface area (Å²) in [5, 5.41) is 17.6. The minimum atomic E-state index is -0.793. The van der Waals surface area contributed by atoms with Crippen molar-refractivity contribution in [3.8, 4) is 0 Å². The maximum Gasteiger partial charge on any atom is 0.318 e. The first-order valence-corrected chi connectivity index (χ1v) is 5.46. The van der Waals surface area contributed by atoms with E-state index in [-0.39, 0.29) is 0 Å². The molecule has 1 rings (SSSR count). The summed E-state index contributed by atoms with van der Waals surface area (Å²) in [6, 6.07) is 0.438. The van der Waals surface area contributed by atoms with E-state index in [4.69, 9.17) is 10.2 Å². The summed E-state index contributed by atoms with van der Waals surface area (Å²) < 4.78 is 5.44. The molecule has 0 amide bonds. The maximum absolute atomic E-state index is 9.74. The molecular weight excluding hydrogens is 208 g/mol. The fraction of sp³-hybridized carbons (Fsp3) is 0.800. The Balaban J connectivity index is 2.71. The fourth-order valence-electron chi connectivity index (χ4n) is 1.38. The first-order valence-electron chi connectivity index (χ1n) is 5.46. The maximum atomic E-state index is 9.74. The lowest BCUT2D eigenvalue weighted by Gasteiger charge is -2.26. The highest BCUT2D eigenvalue weighted by Crippen LogP contribution is 2.15. The topological polar surface area (TPSA) is 88.4 Å². The second kappa shape index (κ2) is 5.27. The number of nitrogens with zero attached hydrogens (tertiary/aromatic N) is 3. The Morgan fingerprint density at radius 1 is 1.44 bits per heavy atom. The number of rotatable bonds is 6. The third kappa shape index (κ3) is 3.79. The van der Waals surface area contributed by atoms with E-state index in [1.54, 1.807) is 13.8 Å². The summed E-state index contributed by atoms with van der Waals surface area (Å²) in [6.07, 6.45) is 0.576. The lowest BCUT2D eigenvalue weighted by atomic mass is 10.1. The third-order valence-electron chi connectivity index (χ3n) is 2.04. The Bertz CT molecular complexity index is 319. The van der Waals surface area contributed by atoms with Gasteiger partial charge >= 0.3 is 6.01 Å². The highest BCUT2D eigenvalue weighted by atomic mass is 16.4. The first-order chi connectivity index (χ1) is 7.46. The molecule has 0 aromatic carbocycles. The Kier molecular flexibility index (Phi) is 4.26. The van der Waals surface area contributed by atoms with Gasteiger partial charge in [-0.05, 0) is 20.8 Å². The molecule has 1 aromatic rings. The van der Waals surface area contributed by atoms with Crippen molar-refractivity contribution in [1.29, 1.82) is 0 Å². The number of hydrogen-bond donors (Lipinski definition) is 2. The van der Waals surface area contributed by atoms with Crippen LogP contribution in [0.5, 0.6) is 0 Å². The molecule has 0 aliphatic rings. The van der Waals surface area contributed by atoms with Gasteiger partial charge in [-0.3, -0.25) is 0 Å². The normalized spacial score (nSPS) is 11.8. The minimum absolute atomic E-state index is 0.438. The molecular formula is C10H20N4O2. The summed E-state index contributed by atoms with van der Waals surface area (Å²) in [5.41, 5.74) is 4.61. The molecule has 1 heterocycles. The van der Waals surface area contributed by atoms with E-state index in [0.717, 1.165) is 0 Å². The SMILES string of the molecule is CCN(CC(C)(C)O)c1nnc(CCN)o1. The fourth-order valence-corrected chi connectivity index (χ4v) is 1.38. The first kappa shape index (κ1) is 12.9. The number of likely N-dealkylation sites (N-methyl/N-ethyl adjacent to an activating group) is 1. The summed E-state index contributed by atoms with van der Waals surface area (Å²) in [6.45, 7) is 7.10. The van der Waals surface area contributed by atoms with Crippen LogP contribution in [0.25, 0.3) is 0 Å². The number of hydrogen-bond acceptors (Lipinski definition) is 6. The van der Waals surface area contributed by atoms with E-state index in [2.05, 4.69) is 10.2 Å². The van der Waals surface area contributed by atoms with Crippen molar-refractivity contribution in [3.63, 3.8) is 0 Å².